The van der Waals surface area contributed by atoms with Crippen LogP contribution >= 0.6 is 0 Å². The molecule has 2 atom stereocenters. The SMILES string of the molecule is Cc1cc(C(=O)NC2CCN(C(=O)OC(C)(C)C)CC2(C)C)ccc1-c1ccc(C[C@H](NC(=O)C2CCC(CNC(=O)OC(C)(C)C)CC2)C(=O)Nc2ccc(-c3n[nH]c(C(F)(F)C(F)(F)C(=O)O)n3)cc2)cc1. The predicted molar refractivity (Wildman–Crippen MR) is 266 cm³/mol. The summed E-state index contributed by atoms with van der Waals surface area (Å²) in [6, 6.07) is 17.1. The van der Waals surface area contributed by atoms with Crippen LogP contribution in [0.25, 0.3) is 22.5 Å². The van der Waals surface area contributed by atoms with Crippen LogP contribution in [0.5, 0.6) is 0 Å². The minimum absolute atomic E-state index is 0.0748. The maximum absolute atomic E-state index is 14.4. The minimum Gasteiger partial charge on any atom is -0.477 e. The number of anilines is 1. The number of H-pyrrole nitrogens is 1. The van der Waals surface area contributed by atoms with Gasteiger partial charge in [-0.05, 0) is 145 Å². The first kappa shape index (κ1) is 56.2. The van der Waals surface area contributed by atoms with E-state index in [0.717, 1.165) is 16.7 Å². The molecule has 6 rings (SSSR count). The maximum atomic E-state index is 14.4. The number of piperidine rings is 1. The molecule has 74 heavy (non-hydrogen) atoms. The average molecular weight is 1040 g/mol. The van der Waals surface area contributed by atoms with E-state index in [2.05, 4.69) is 31.3 Å². The number of carboxylic acid groups (broad SMARTS) is 1. The number of carboxylic acids is 1. The summed E-state index contributed by atoms with van der Waals surface area (Å²) >= 11 is 0. The largest absolute Gasteiger partial charge is 0.477 e. The molecule has 2 heterocycles. The number of aromatic nitrogens is 3. The van der Waals surface area contributed by atoms with Crippen molar-refractivity contribution in [1.82, 2.24) is 36.0 Å². The molecular formula is C53H66F4N8O9. The van der Waals surface area contributed by atoms with E-state index in [1.807, 2.05) is 77.9 Å². The number of halogens is 4. The molecule has 21 heteroatoms. The highest BCUT2D eigenvalue weighted by molar-refractivity contribution is 5.98. The van der Waals surface area contributed by atoms with Gasteiger partial charge in [-0.2, -0.15) is 22.7 Å². The van der Waals surface area contributed by atoms with E-state index >= 15 is 0 Å². The van der Waals surface area contributed by atoms with Gasteiger partial charge in [0.2, 0.25) is 17.6 Å². The number of ether oxygens (including phenoxy) is 2. The molecule has 6 N–H and O–H groups in total. The van der Waals surface area contributed by atoms with Gasteiger partial charge >= 0.3 is 30.0 Å². The van der Waals surface area contributed by atoms with Crippen molar-refractivity contribution in [1.29, 1.82) is 0 Å². The fourth-order valence-corrected chi connectivity index (χ4v) is 8.95. The second-order valence-electron chi connectivity index (χ2n) is 21.8. The number of rotatable bonds is 15. The number of likely N-dealkylation sites (tertiary alicyclic amines) is 1. The number of aliphatic carboxylic acids is 1. The third-order valence-corrected chi connectivity index (χ3v) is 13.0. The van der Waals surface area contributed by atoms with Crippen LogP contribution in [0.2, 0.25) is 0 Å². The Morgan fingerprint density at radius 2 is 1.46 bits per heavy atom. The summed E-state index contributed by atoms with van der Waals surface area (Å²) in [4.78, 5) is 82.4. The van der Waals surface area contributed by atoms with Gasteiger partial charge in [0.15, 0.2) is 5.82 Å². The van der Waals surface area contributed by atoms with Gasteiger partial charge in [0, 0.05) is 60.2 Å². The van der Waals surface area contributed by atoms with Crippen LogP contribution in [0.4, 0.5) is 32.8 Å². The molecule has 0 bridgehead atoms. The number of hydrogen-bond acceptors (Lipinski definition) is 10. The smallest absolute Gasteiger partial charge is 0.411 e. The highest BCUT2D eigenvalue weighted by atomic mass is 19.3. The van der Waals surface area contributed by atoms with Crippen molar-refractivity contribution in [3.63, 3.8) is 0 Å². The van der Waals surface area contributed by atoms with E-state index in [1.165, 1.54) is 24.3 Å². The second-order valence-corrected chi connectivity index (χ2v) is 21.8. The van der Waals surface area contributed by atoms with Crippen LogP contribution in [0.1, 0.15) is 115 Å². The number of hydrogen-bond donors (Lipinski definition) is 6. The molecule has 3 aromatic carbocycles. The molecule has 2 fully saturated rings. The monoisotopic (exact) mass is 1030 g/mol. The zero-order valence-corrected chi connectivity index (χ0v) is 43.1. The minimum atomic E-state index is -5.47. The van der Waals surface area contributed by atoms with Gasteiger partial charge in [0.25, 0.3) is 5.91 Å². The fraction of sp³-hybridized carbons (Fsp3) is 0.509. The summed E-state index contributed by atoms with van der Waals surface area (Å²) in [6.07, 6.45) is 2.09. The zero-order chi connectivity index (χ0) is 54.6. The van der Waals surface area contributed by atoms with Crippen LogP contribution in [0.3, 0.4) is 0 Å². The van der Waals surface area contributed by atoms with Gasteiger partial charge in [-0.1, -0.05) is 44.2 Å². The van der Waals surface area contributed by atoms with Gasteiger partial charge in [-0.25, -0.2) is 19.4 Å². The van der Waals surface area contributed by atoms with E-state index in [9.17, 15) is 46.3 Å². The molecular weight excluding hydrogens is 969 g/mol. The van der Waals surface area contributed by atoms with Crippen molar-refractivity contribution in [2.75, 3.05) is 25.0 Å². The highest BCUT2D eigenvalue weighted by Crippen LogP contribution is 2.42. The molecule has 1 unspecified atom stereocenters. The fourth-order valence-electron chi connectivity index (χ4n) is 8.95. The lowest BCUT2D eigenvalue weighted by Gasteiger charge is -2.44. The summed E-state index contributed by atoms with van der Waals surface area (Å²) in [5.41, 5.74) is 2.37. The number of nitrogens with one attached hydrogen (secondary N) is 5. The number of benzene rings is 3. The molecule has 1 aliphatic heterocycles. The van der Waals surface area contributed by atoms with E-state index in [1.54, 1.807) is 36.8 Å². The number of aryl methyl sites for hydroxylation is 1. The predicted octanol–water partition coefficient (Wildman–Crippen LogP) is 9.02. The highest BCUT2D eigenvalue weighted by Gasteiger charge is 2.65. The number of alkyl carbamates (subject to hydrolysis) is 1. The van der Waals surface area contributed by atoms with E-state index < -0.39 is 70.0 Å². The number of amides is 5. The third kappa shape index (κ3) is 14.2. The lowest BCUT2D eigenvalue weighted by molar-refractivity contribution is -0.231. The summed E-state index contributed by atoms with van der Waals surface area (Å²) in [6.45, 7) is 18.0. The average Bonchev–Trinajstić information content (AvgIpc) is 3.82. The Morgan fingerprint density at radius 1 is 0.838 bits per heavy atom. The number of aromatic amines is 1. The second kappa shape index (κ2) is 22.2. The number of nitrogens with zero attached hydrogens (tertiary/aromatic N) is 3. The normalized spacial score (nSPS) is 18.6. The van der Waals surface area contributed by atoms with Gasteiger partial charge in [-0.15, -0.1) is 0 Å². The number of carbonyl (C=O) groups is 6. The Labute approximate surface area is 427 Å². The summed E-state index contributed by atoms with van der Waals surface area (Å²) < 4.78 is 67.3. The maximum Gasteiger partial charge on any atom is 0.411 e. The Hall–Kier alpha value is -7.06. The Kier molecular flexibility index (Phi) is 16.9. The van der Waals surface area contributed by atoms with Crippen LogP contribution in [-0.2, 0) is 36.2 Å². The van der Waals surface area contributed by atoms with Crippen LogP contribution in [0.15, 0.2) is 66.7 Å². The first-order valence-electron chi connectivity index (χ1n) is 24.5. The topological polar surface area (TPSA) is 234 Å². The first-order valence-corrected chi connectivity index (χ1v) is 24.5. The third-order valence-electron chi connectivity index (χ3n) is 13.0. The van der Waals surface area contributed by atoms with Crippen molar-refractivity contribution in [3.8, 4) is 22.5 Å². The van der Waals surface area contributed by atoms with Gasteiger partial charge < -0.3 is 40.7 Å². The standard InChI is InChI=1S/C53H66F4N8O9/c1-30-26-36(43(67)61-40-24-25-65(29-51(40,8)9)48(72)74-50(5,6)7)20-23-38(30)33-14-10-31(11-15-33)27-39(60-42(66)35-16-12-32(13-17-35)28-58-47(71)73-49(2,3)4)44(68)59-37-21-18-34(19-22-37)41-62-45(64-63-41)52(54,55)53(56,57)46(69)70/h10-11,14-15,18-23,26,32,35,39-40H,12-13,16-17,24-25,27-29H2,1-9H3,(H,58,71)(H,59,68)(H,60,66)(H,61,67)(H,69,70)(H,62,63,64)/t32?,35?,39-,40?/m0/s1. The lowest BCUT2D eigenvalue weighted by Crippen LogP contribution is -2.57. The summed E-state index contributed by atoms with van der Waals surface area (Å²) in [7, 11) is 0. The molecule has 1 aromatic heterocycles. The van der Waals surface area contributed by atoms with Gasteiger partial charge in [-0.3, -0.25) is 19.5 Å². The van der Waals surface area contributed by atoms with Gasteiger partial charge in [0.1, 0.15) is 17.2 Å². The molecule has 400 valence electrons. The Morgan fingerprint density at radius 3 is 2.04 bits per heavy atom. The van der Waals surface area contributed by atoms with Crippen LogP contribution in [-0.4, -0.2) is 110 Å². The Balaban J connectivity index is 1.13. The lowest BCUT2D eigenvalue weighted by atomic mass is 9.79. The van der Waals surface area contributed by atoms with Crippen LogP contribution in [0, 0.1) is 24.2 Å². The van der Waals surface area contributed by atoms with E-state index in [4.69, 9.17) is 14.6 Å². The number of alkyl halides is 4. The van der Waals surface area contributed by atoms with Crippen molar-refractivity contribution in [2.45, 2.75) is 136 Å². The van der Waals surface area contributed by atoms with Crippen molar-refractivity contribution < 1.29 is 60.9 Å². The van der Waals surface area contributed by atoms with Crippen molar-refractivity contribution >= 4 is 41.6 Å². The molecule has 1 saturated heterocycles. The van der Waals surface area contributed by atoms with Crippen molar-refractivity contribution in [2.24, 2.45) is 17.3 Å². The van der Waals surface area contributed by atoms with Crippen LogP contribution < -0.4 is 21.3 Å². The quantitative estimate of drug-likeness (QED) is 0.0615. The van der Waals surface area contributed by atoms with Crippen molar-refractivity contribution in [3.05, 3.63) is 89.2 Å². The van der Waals surface area contributed by atoms with E-state index in [-0.39, 0.29) is 47.5 Å². The number of carbonyl (C=O) groups excluding carboxylic acids is 5. The molecule has 5 amide bonds. The molecule has 2 aliphatic rings. The van der Waals surface area contributed by atoms with E-state index in [0.29, 0.717) is 62.9 Å². The summed E-state index contributed by atoms with van der Waals surface area (Å²) in [5, 5.41) is 25.6. The molecule has 1 saturated carbocycles. The molecule has 17 nitrogen and oxygen atoms in total. The first-order chi connectivity index (χ1) is 34.4. The molecule has 0 radical (unpaired) electrons. The Bertz CT molecular complexity index is 2690. The molecule has 1 aliphatic carbocycles. The molecule has 4 aromatic rings. The summed E-state index contributed by atoms with van der Waals surface area (Å²) in [5.74, 6) is -17.2. The molecule has 0 spiro atoms. The zero-order valence-electron chi connectivity index (χ0n) is 43.1. The van der Waals surface area contributed by atoms with Gasteiger partial charge in [0.05, 0.1) is 0 Å².